The van der Waals surface area contributed by atoms with Crippen LogP contribution >= 0.6 is 0 Å². The second-order valence-corrected chi connectivity index (χ2v) is 7.37. The quantitative estimate of drug-likeness (QED) is 0.868. The van der Waals surface area contributed by atoms with Crippen LogP contribution in [0.2, 0.25) is 0 Å². The first kappa shape index (κ1) is 16.9. The van der Waals surface area contributed by atoms with Crippen molar-refractivity contribution < 1.29 is 13.2 Å². The standard InChI is InChI=1S/C15H18N2O3S/c1-11(15(2,3)4)9-14(18)17-21(19,20)13-7-5-12(10-16)6-8-13/h5-9H,1-4H3,(H,17,18)/b11-9-. The van der Waals surface area contributed by atoms with Crippen molar-refractivity contribution in [2.45, 2.75) is 32.6 Å². The number of hydrogen-bond acceptors (Lipinski definition) is 4. The van der Waals surface area contributed by atoms with Gasteiger partial charge in [0.15, 0.2) is 0 Å². The molecule has 0 radical (unpaired) electrons. The van der Waals surface area contributed by atoms with Crippen molar-refractivity contribution in [3.05, 3.63) is 41.5 Å². The van der Waals surface area contributed by atoms with E-state index in [4.69, 9.17) is 5.26 Å². The van der Waals surface area contributed by atoms with Crippen molar-refractivity contribution in [2.24, 2.45) is 5.41 Å². The zero-order chi connectivity index (χ0) is 16.3. The first-order valence-corrected chi connectivity index (χ1v) is 7.80. The van der Waals surface area contributed by atoms with Crippen LogP contribution in [0, 0.1) is 16.7 Å². The highest BCUT2D eigenvalue weighted by molar-refractivity contribution is 7.90. The first-order chi connectivity index (χ1) is 9.56. The monoisotopic (exact) mass is 306 g/mol. The molecule has 1 aromatic rings. The molecular formula is C15H18N2O3S. The minimum atomic E-state index is -3.93. The van der Waals surface area contributed by atoms with Crippen molar-refractivity contribution in [3.8, 4) is 6.07 Å². The van der Waals surface area contributed by atoms with Gasteiger partial charge in [-0.1, -0.05) is 26.3 Å². The lowest BCUT2D eigenvalue weighted by Crippen LogP contribution is -2.29. The van der Waals surface area contributed by atoms with Gasteiger partial charge in [0, 0.05) is 6.08 Å². The van der Waals surface area contributed by atoms with E-state index in [1.165, 1.54) is 30.3 Å². The summed E-state index contributed by atoms with van der Waals surface area (Å²) in [6, 6.07) is 7.24. The van der Waals surface area contributed by atoms with E-state index in [9.17, 15) is 13.2 Å². The number of carbonyl (C=O) groups excluding carboxylic acids is 1. The fraction of sp³-hybridized carbons (Fsp3) is 0.333. The van der Waals surface area contributed by atoms with E-state index < -0.39 is 15.9 Å². The second-order valence-electron chi connectivity index (χ2n) is 5.68. The fourth-order valence-corrected chi connectivity index (χ4v) is 2.28. The Kier molecular flexibility index (Phi) is 4.92. The van der Waals surface area contributed by atoms with Crippen LogP contribution in [0.4, 0.5) is 0 Å². The Morgan fingerprint density at radius 2 is 1.76 bits per heavy atom. The minimum Gasteiger partial charge on any atom is -0.269 e. The highest BCUT2D eigenvalue weighted by Gasteiger charge is 2.18. The molecule has 0 atom stereocenters. The predicted octanol–water partition coefficient (Wildman–Crippen LogP) is 2.36. The number of hydrogen-bond donors (Lipinski definition) is 1. The second kappa shape index (κ2) is 6.10. The maximum absolute atomic E-state index is 12.0. The van der Waals surface area contributed by atoms with Crippen molar-refractivity contribution in [1.29, 1.82) is 5.26 Å². The van der Waals surface area contributed by atoms with Crippen LogP contribution in [0.3, 0.4) is 0 Å². The van der Waals surface area contributed by atoms with Crippen LogP contribution in [0.1, 0.15) is 33.3 Å². The van der Waals surface area contributed by atoms with Gasteiger partial charge in [-0.05, 0) is 36.6 Å². The molecule has 0 heterocycles. The average molecular weight is 306 g/mol. The molecule has 0 aliphatic rings. The van der Waals surface area contributed by atoms with Crippen molar-refractivity contribution in [3.63, 3.8) is 0 Å². The molecule has 0 aliphatic carbocycles. The van der Waals surface area contributed by atoms with Crippen LogP contribution in [-0.4, -0.2) is 14.3 Å². The van der Waals surface area contributed by atoms with Gasteiger partial charge in [0.05, 0.1) is 16.5 Å². The average Bonchev–Trinajstić information content (AvgIpc) is 2.36. The van der Waals surface area contributed by atoms with Crippen LogP contribution in [0.5, 0.6) is 0 Å². The third-order valence-electron chi connectivity index (χ3n) is 3.06. The molecule has 0 aromatic heterocycles. The Morgan fingerprint density at radius 3 is 2.19 bits per heavy atom. The Morgan fingerprint density at radius 1 is 1.24 bits per heavy atom. The molecule has 21 heavy (non-hydrogen) atoms. The zero-order valence-corrected chi connectivity index (χ0v) is 13.3. The van der Waals surface area contributed by atoms with E-state index >= 15 is 0 Å². The molecule has 0 unspecified atom stereocenters. The van der Waals surface area contributed by atoms with Gasteiger partial charge in [0.1, 0.15) is 0 Å². The lowest BCUT2D eigenvalue weighted by molar-refractivity contribution is -0.114. The molecule has 1 aromatic carbocycles. The normalized spacial score (nSPS) is 12.6. The smallest absolute Gasteiger partial charge is 0.264 e. The molecule has 112 valence electrons. The van der Waals surface area contributed by atoms with E-state index in [1.807, 2.05) is 31.6 Å². The van der Waals surface area contributed by atoms with Crippen LogP contribution in [0.15, 0.2) is 40.8 Å². The predicted molar refractivity (Wildman–Crippen MR) is 79.7 cm³/mol. The lowest BCUT2D eigenvalue weighted by Gasteiger charge is -2.19. The van der Waals surface area contributed by atoms with E-state index in [0.717, 1.165) is 5.57 Å². The van der Waals surface area contributed by atoms with Crippen molar-refractivity contribution in [1.82, 2.24) is 4.72 Å². The number of amides is 1. The van der Waals surface area contributed by atoms with E-state index in [1.54, 1.807) is 6.92 Å². The Balaban J connectivity index is 2.95. The van der Waals surface area contributed by atoms with Crippen molar-refractivity contribution >= 4 is 15.9 Å². The number of nitrogens with one attached hydrogen (secondary N) is 1. The number of carbonyl (C=O) groups is 1. The lowest BCUT2D eigenvalue weighted by atomic mass is 9.87. The minimum absolute atomic E-state index is 0.0586. The summed E-state index contributed by atoms with van der Waals surface area (Å²) in [6.45, 7) is 7.57. The van der Waals surface area contributed by atoms with Gasteiger partial charge in [0.2, 0.25) is 0 Å². The highest BCUT2D eigenvalue weighted by Crippen LogP contribution is 2.24. The third kappa shape index (κ3) is 4.72. The van der Waals surface area contributed by atoms with Crippen LogP contribution in [0.25, 0.3) is 0 Å². The molecule has 0 saturated heterocycles. The molecule has 1 rings (SSSR count). The molecule has 1 amide bonds. The molecular weight excluding hydrogens is 288 g/mol. The number of allylic oxidation sites excluding steroid dienone is 1. The van der Waals surface area contributed by atoms with E-state index in [2.05, 4.69) is 0 Å². The summed E-state index contributed by atoms with van der Waals surface area (Å²) < 4.78 is 26.0. The fourth-order valence-electron chi connectivity index (χ4n) is 1.34. The Labute approximate surface area is 125 Å². The van der Waals surface area contributed by atoms with Crippen molar-refractivity contribution in [2.75, 3.05) is 0 Å². The highest BCUT2D eigenvalue weighted by atomic mass is 32.2. The van der Waals surface area contributed by atoms with Gasteiger partial charge < -0.3 is 0 Å². The molecule has 6 heteroatoms. The molecule has 0 fully saturated rings. The Bertz CT molecular complexity index is 703. The van der Waals surface area contributed by atoms with E-state index in [-0.39, 0.29) is 10.3 Å². The summed E-state index contributed by atoms with van der Waals surface area (Å²) in [5.74, 6) is -0.688. The number of nitrogens with zero attached hydrogens (tertiary/aromatic N) is 1. The summed E-state index contributed by atoms with van der Waals surface area (Å²) in [6.07, 6.45) is 1.28. The SMILES string of the molecule is C/C(=C/C(=O)NS(=O)(=O)c1ccc(C#N)cc1)C(C)(C)C. The number of sulfonamides is 1. The number of rotatable bonds is 3. The Hall–Kier alpha value is -2.13. The molecule has 0 aliphatic heterocycles. The number of benzene rings is 1. The molecule has 1 N–H and O–H groups in total. The molecule has 5 nitrogen and oxygen atoms in total. The maximum Gasteiger partial charge on any atom is 0.264 e. The summed E-state index contributed by atoms with van der Waals surface area (Å²) in [5, 5.41) is 8.68. The zero-order valence-electron chi connectivity index (χ0n) is 12.5. The maximum atomic E-state index is 12.0. The molecule has 0 bridgehead atoms. The summed E-state index contributed by atoms with van der Waals surface area (Å²) in [5.41, 5.74) is 0.911. The summed E-state index contributed by atoms with van der Waals surface area (Å²) in [4.78, 5) is 11.7. The first-order valence-electron chi connectivity index (χ1n) is 6.32. The van der Waals surface area contributed by atoms with E-state index in [0.29, 0.717) is 5.56 Å². The number of nitriles is 1. The topological polar surface area (TPSA) is 87.0 Å². The van der Waals surface area contributed by atoms with Gasteiger partial charge in [-0.2, -0.15) is 5.26 Å². The van der Waals surface area contributed by atoms with Gasteiger partial charge in [-0.3, -0.25) is 4.79 Å². The molecule has 0 saturated carbocycles. The van der Waals surface area contributed by atoms with Gasteiger partial charge >= 0.3 is 0 Å². The van der Waals surface area contributed by atoms with Crippen LogP contribution in [-0.2, 0) is 14.8 Å². The van der Waals surface area contributed by atoms with Gasteiger partial charge in [-0.25, -0.2) is 13.1 Å². The van der Waals surface area contributed by atoms with Gasteiger partial charge in [0.25, 0.3) is 15.9 Å². The van der Waals surface area contributed by atoms with Gasteiger partial charge in [-0.15, -0.1) is 0 Å². The third-order valence-corrected chi connectivity index (χ3v) is 4.42. The summed E-state index contributed by atoms with van der Waals surface area (Å²) >= 11 is 0. The largest absolute Gasteiger partial charge is 0.269 e. The summed E-state index contributed by atoms with van der Waals surface area (Å²) in [7, 11) is -3.93. The molecule has 0 spiro atoms. The van der Waals surface area contributed by atoms with Crippen LogP contribution < -0.4 is 4.72 Å².